The lowest BCUT2D eigenvalue weighted by Crippen LogP contribution is -2.36. The molecule has 0 amide bonds. The highest BCUT2D eigenvalue weighted by Crippen LogP contribution is 2.23. The maximum Gasteiger partial charge on any atom is 0.317 e. The summed E-state index contributed by atoms with van der Waals surface area (Å²) >= 11 is 0. The van der Waals surface area contributed by atoms with Crippen LogP contribution in [0.15, 0.2) is 18.2 Å². The highest BCUT2D eigenvalue weighted by Gasteiger charge is 2.23. The molecule has 1 unspecified atom stereocenters. The Bertz CT molecular complexity index is 477. The molecule has 0 saturated heterocycles. The van der Waals surface area contributed by atoms with E-state index in [-0.39, 0.29) is 5.56 Å². The summed E-state index contributed by atoms with van der Waals surface area (Å²) in [4.78, 5) is 22.4. The molecule has 0 heterocycles. The number of benzene rings is 1. The maximum atomic E-state index is 13.6. The van der Waals surface area contributed by atoms with Crippen molar-refractivity contribution in [3.05, 3.63) is 35.4 Å². The van der Waals surface area contributed by atoms with Crippen molar-refractivity contribution in [2.75, 3.05) is 13.1 Å². The molecule has 5 nitrogen and oxygen atoms in total. The molecule has 1 aromatic rings. The van der Waals surface area contributed by atoms with E-state index in [1.807, 2.05) is 0 Å². The largest absolute Gasteiger partial charge is 0.480 e. The molecular weight excluding hydrogens is 260 g/mol. The molecular formula is C12H13F2NO4. The van der Waals surface area contributed by atoms with E-state index < -0.39 is 42.7 Å². The number of carboxylic acid groups (broad SMARTS) is 2. The van der Waals surface area contributed by atoms with Gasteiger partial charge in [0.25, 0.3) is 0 Å². The molecule has 0 aliphatic heterocycles. The van der Waals surface area contributed by atoms with Gasteiger partial charge in [-0.2, -0.15) is 0 Å². The first-order valence-corrected chi connectivity index (χ1v) is 5.44. The van der Waals surface area contributed by atoms with E-state index in [2.05, 4.69) is 0 Å². The van der Waals surface area contributed by atoms with Crippen LogP contribution < -0.4 is 0 Å². The molecule has 7 heteroatoms. The van der Waals surface area contributed by atoms with Gasteiger partial charge in [0.15, 0.2) is 0 Å². The molecule has 1 aromatic carbocycles. The number of halogens is 2. The smallest absolute Gasteiger partial charge is 0.317 e. The fraction of sp³-hybridized carbons (Fsp3) is 0.333. The quantitative estimate of drug-likeness (QED) is 0.821. The van der Waals surface area contributed by atoms with Crippen LogP contribution in [-0.4, -0.2) is 40.1 Å². The highest BCUT2D eigenvalue weighted by molar-refractivity contribution is 5.72. The lowest BCUT2D eigenvalue weighted by Gasteiger charge is -2.26. The van der Waals surface area contributed by atoms with Crippen molar-refractivity contribution in [3.63, 3.8) is 0 Å². The Labute approximate surface area is 108 Å². The standard InChI is InChI=1S/C12H13F2NO4/c1-7(9-3-2-8(13)4-10(9)14)15(5-11(16)17)6-12(18)19/h2-4,7H,5-6H2,1H3,(H,16,17)(H,18,19). The van der Waals surface area contributed by atoms with E-state index >= 15 is 0 Å². The fourth-order valence-electron chi connectivity index (χ4n) is 1.71. The van der Waals surface area contributed by atoms with Gasteiger partial charge in [0.1, 0.15) is 11.6 Å². The molecule has 0 radical (unpaired) electrons. The first-order chi connectivity index (χ1) is 8.81. The first kappa shape index (κ1) is 15.0. The van der Waals surface area contributed by atoms with Crippen molar-refractivity contribution in [1.82, 2.24) is 4.90 Å². The molecule has 19 heavy (non-hydrogen) atoms. The van der Waals surface area contributed by atoms with Crippen molar-refractivity contribution in [2.24, 2.45) is 0 Å². The molecule has 0 spiro atoms. The number of carboxylic acids is 2. The minimum atomic E-state index is -1.23. The van der Waals surface area contributed by atoms with E-state index in [4.69, 9.17) is 10.2 Å². The molecule has 0 aliphatic carbocycles. The van der Waals surface area contributed by atoms with E-state index in [0.717, 1.165) is 11.0 Å². The number of hydrogen-bond acceptors (Lipinski definition) is 3. The second-order valence-electron chi connectivity index (χ2n) is 4.03. The summed E-state index contributed by atoms with van der Waals surface area (Å²) in [6, 6.07) is 2.08. The third-order valence-corrected chi connectivity index (χ3v) is 2.64. The van der Waals surface area contributed by atoms with E-state index in [1.54, 1.807) is 0 Å². The SMILES string of the molecule is CC(c1ccc(F)cc1F)N(CC(=O)O)CC(=O)O. The van der Waals surface area contributed by atoms with Gasteiger partial charge in [-0.25, -0.2) is 8.78 Å². The summed E-state index contributed by atoms with van der Waals surface area (Å²) in [5.74, 6) is -4.05. The van der Waals surface area contributed by atoms with Crippen LogP contribution in [-0.2, 0) is 9.59 Å². The second-order valence-corrected chi connectivity index (χ2v) is 4.03. The fourth-order valence-corrected chi connectivity index (χ4v) is 1.71. The van der Waals surface area contributed by atoms with Crippen molar-refractivity contribution in [2.45, 2.75) is 13.0 Å². The topological polar surface area (TPSA) is 77.8 Å². The molecule has 0 bridgehead atoms. The molecule has 104 valence electrons. The number of carbonyl (C=O) groups is 2. The summed E-state index contributed by atoms with van der Waals surface area (Å²) in [6.07, 6.45) is 0. The maximum absolute atomic E-state index is 13.6. The van der Waals surface area contributed by atoms with Gasteiger partial charge in [-0.3, -0.25) is 14.5 Å². The van der Waals surface area contributed by atoms with Crippen LogP contribution in [0.2, 0.25) is 0 Å². The number of aliphatic carboxylic acids is 2. The Morgan fingerprint density at radius 2 is 1.74 bits per heavy atom. The third kappa shape index (κ3) is 4.29. The monoisotopic (exact) mass is 273 g/mol. The number of hydrogen-bond donors (Lipinski definition) is 2. The minimum Gasteiger partial charge on any atom is -0.480 e. The van der Waals surface area contributed by atoms with Crippen LogP contribution in [0.1, 0.15) is 18.5 Å². The molecule has 0 fully saturated rings. The van der Waals surface area contributed by atoms with Gasteiger partial charge in [0.05, 0.1) is 13.1 Å². The van der Waals surface area contributed by atoms with Crippen molar-refractivity contribution < 1.29 is 28.6 Å². The van der Waals surface area contributed by atoms with Gasteiger partial charge in [0.2, 0.25) is 0 Å². The average Bonchev–Trinajstić information content (AvgIpc) is 2.26. The van der Waals surface area contributed by atoms with Crippen molar-refractivity contribution >= 4 is 11.9 Å². The normalized spacial score (nSPS) is 12.4. The zero-order valence-electron chi connectivity index (χ0n) is 10.1. The van der Waals surface area contributed by atoms with Gasteiger partial charge in [-0.1, -0.05) is 6.07 Å². The molecule has 0 aromatic heterocycles. The molecule has 0 aliphatic rings. The van der Waals surface area contributed by atoms with Crippen LogP contribution >= 0.6 is 0 Å². The predicted octanol–water partition coefficient (Wildman–Crippen LogP) is 1.50. The van der Waals surface area contributed by atoms with E-state index in [9.17, 15) is 18.4 Å². The summed E-state index contributed by atoms with van der Waals surface area (Å²) in [5, 5.41) is 17.4. The van der Waals surface area contributed by atoms with Crippen LogP contribution in [0.25, 0.3) is 0 Å². The lowest BCUT2D eigenvalue weighted by atomic mass is 10.1. The van der Waals surface area contributed by atoms with Crippen LogP contribution in [0.5, 0.6) is 0 Å². The van der Waals surface area contributed by atoms with Gasteiger partial charge in [0, 0.05) is 17.7 Å². The van der Waals surface area contributed by atoms with Gasteiger partial charge in [-0.15, -0.1) is 0 Å². The Balaban J connectivity index is 3.00. The summed E-state index contributed by atoms with van der Waals surface area (Å²) in [7, 11) is 0. The summed E-state index contributed by atoms with van der Waals surface area (Å²) in [6.45, 7) is 0.358. The van der Waals surface area contributed by atoms with E-state index in [1.165, 1.54) is 13.0 Å². The lowest BCUT2D eigenvalue weighted by molar-refractivity contribution is -0.142. The Morgan fingerprint density at radius 3 is 2.16 bits per heavy atom. The van der Waals surface area contributed by atoms with E-state index in [0.29, 0.717) is 6.07 Å². The first-order valence-electron chi connectivity index (χ1n) is 5.44. The highest BCUT2D eigenvalue weighted by atomic mass is 19.1. The second kappa shape index (κ2) is 6.24. The summed E-state index contributed by atoms with van der Waals surface area (Å²) < 4.78 is 26.4. The predicted molar refractivity (Wildman–Crippen MR) is 61.6 cm³/mol. The van der Waals surface area contributed by atoms with Gasteiger partial charge < -0.3 is 10.2 Å². The van der Waals surface area contributed by atoms with Crippen LogP contribution in [0, 0.1) is 11.6 Å². The van der Waals surface area contributed by atoms with Gasteiger partial charge >= 0.3 is 11.9 Å². The molecule has 0 saturated carbocycles. The summed E-state index contributed by atoms with van der Waals surface area (Å²) in [5.41, 5.74) is 0.0453. The Kier molecular flexibility index (Phi) is 4.94. The molecule has 1 rings (SSSR count). The van der Waals surface area contributed by atoms with Crippen LogP contribution in [0.4, 0.5) is 8.78 Å². The van der Waals surface area contributed by atoms with Crippen molar-refractivity contribution in [3.8, 4) is 0 Å². The van der Waals surface area contributed by atoms with Gasteiger partial charge in [-0.05, 0) is 13.0 Å². The average molecular weight is 273 g/mol. The minimum absolute atomic E-state index is 0.0453. The number of rotatable bonds is 6. The Hall–Kier alpha value is -2.02. The molecule has 1 atom stereocenters. The Morgan fingerprint density at radius 1 is 1.21 bits per heavy atom. The third-order valence-electron chi connectivity index (χ3n) is 2.64. The zero-order chi connectivity index (χ0) is 14.6. The molecule has 2 N–H and O–H groups in total. The van der Waals surface area contributed by atoms with Crippen LogP contribution in [0.3, 0.4) is 0 Å². The zero-order valence-corrected chi connectivity index (χ0v) is 10.1. The van der Waals surface area contributed by atoms with Crippen molar-refractivity contribution in [1.29, 1.82) is 0 Å². The number of nitrogens with zero attached hydrogens (tertiary/aromatic N) is 1.